The Morgan fingerprint density at radius 1 is 1.11 bits per heavy atom. The second kappa shape index (κ2) is 9.12. The molecule has 1 fully saturated rings. The van der Waals surface area contributed by atoms with Gasteiger partial charge in [-0.25, -0.2) is 4.99 Å². The van der Waals surface area contributed by atoms with Crippen LogP contribution in [-0.4, -0.2) is 37.5 Å². The highest BCUT2D eigenvalue weighted by molar-refractivity contribution is 5.92. The number of nitrogens with zero attached hydrogens (tertiary/aromatic N) is 2. The normalized spacial score (nSPS) is 14.3. The van der Waals surface area contributed by atoms with E-state index in [9.17, 15) is 4.79 Å². The molecule has 0 saturated carbocycles. The minimum atomic E-state index is 0.239. The van der Waals surface area contributed by atoms with Crippen molar-refractivity contribution in [1.82, 2.24) is 4.90 Å². The van der Waals surface area contributed by atoms with Crippen LogP contribution in [0, 0.1) is 0 Å². The van der Waals surface area contributed by atoms with Crippen molar-refractivity contribution in [2.24, 2.45) is 10.7 Å². The van der Waals surface area contributed by atoms with Crippen molar-refractivity contribution < 1.29 is 14.3 Å². The van der Waals surface area contributed by atoms with Gasteiger partial charge in [0.15, 0.2) is 17.5 Å². The van der Waals surface area contributed by atoms with Gasteiger partial charge >= 0.3 is 0 Å². The maximum absolute atomic E-state index is 11.7. The number of anilines is 1. The van der Waals surface area contributed by atoms with Crippen LogP contribution in [0.4, 0.5) is 5.69 Å². The molecule has 0 radical (unpaired) electrons. The summed E-state index contributed by atoms with van der Waals surface area (Å²) in [6, 6.07) is 13.6. The van der Waals surface area contributed by atoms with E-state index in [0.29, 0.717) is 37.0 Å². The van der Waals surface area contributed by atoms with E-state index < -0.39 is 0 Å². The van der Waals surface area contributed by atoms with E-state index in [4.69, 9.17) is 15.2 Å². The standard InChI is InChI=1S/C21H26N4O3/c1-27-18-10-9-17(12-19(18)28-2)24-21(22)23-13-15-5-7-16(8-6-15)14-25-11-3-4-20(25)26/h5-10,12H,3-4,11,13-14H2,1-2H3,(H3,22,23,24). The molecule has 1 aliphatic rings. The number of likely N-dealkylation sites (tertiary alicyclic amines) is 1. The highest BCUT2D eigenvalue weighted by Gasteiger charge is 2.19. The lowest BCUT2D eigenvalue weighted by Crippen LogP contribution is -2.23. The first kappa shape index (κ1) is 19.5. The summed E-state index contributed by atoms with van der Waals surface area (Å²) in [5.41, 5.74) is 8.93. The molecular formula is C21H26N4O3. The van der Waals surface area contributed by atoms with Gasteiger partial charge in [0.2, 0.25) is 5.91 Å². The molecule has 2 aromatic rings. The number of nitrogens with one attached hydrogen (secondary N) is 1. The van der Waals surface area contributed by atoms with E-state index in [1.165, 1.54) is 0 Å². The van der Waals surface area contributed by atoms with Crippen molar-refractivity contribution in [3.05, 3.63) is 53.6 Å². The van der Waals surface area contributed by atoms with Crippen molar-refractivity contribution in [2.75, 3.05) is 26.1 Å². The minimum Gasteiger partial charge on any atom is -0.493 e. The van der Waals surface area contributed by atoms with Gasteiger partial charge in [-0.15, -0.1) is 0 Å². The summed E-state index contributed by atoms with van der Waals surface area (Å²) in [6.45, 7) is 1.99. The fourth-order valence-corrected chi connectivity index (χ4v) is 3.12. The Kier molecular flexibility index (Phi) is 6.37. The lowest BCUT2D eigenvalue weighted by molar-refractivity contribution is -0.128. The highest BCUT2D eigenvalue weighted by Crippen LogP contribution is 2.29. The molecule has 3 rings (SSSR count). The van der Waals surface area contributed by atoms with Crippen LogP contribution in [0.2, 0.25) is 0 Å². The molecule has 1 saturated heterocycles. The van der Waals surface area contributed by atoms with E-state index in [-0.39, 0.29) is 5.91 Å². The zero-order valence-electron chi connectivity index (χ0n) is 16.3. The molecule has 0 spiro atoms. The predicted molar refractivity (Wildman–Crippen MR) is 110 cm³/mol. The molecule has 0 aromatic heterocycles. The lowest BCUT2D eigenvalue weighted by Gasteiger charge is -2.15. The van der Waals surface area contributed by atoms with E-state index in [1.807, 2.05) is 35.2 Å². The van der Waals surface area contributed by atoms with Crippen molar-refractivity contribution >= 4 is 17.6 Å². The molecule has 2 aromatic carbocycles. The largest absolute Gasteiger partial charge is 0.493 e. The van der Waals surface area contributed by atoms with Gasteiger partial charge in [0.25, 0.3) is 0 Å². The minimum absolute atomic E-state index is 0.239. The Balaban J connectivity index is 1.56. The Morgan fingerprint density at radius 2 is 1.82 bits per heavy atom. The maximum atomic E-state index is 11.7. The number of rotatable bonds is 7. The van der Waals surface area contributed by atoms with Crippen LogP contribution < -0.4 is 20.5 Å². The second-order valence-electron chi connectivity index (χ2n) is 6.63. The van der Waals surface area contributed by atoms with Gasteiger partial charge in [-0.05, 0) is 29.7 Å². The van der Waals surface area contributed by atoms with Crippen LogP contribution in [0.3, 0.4) is 0 Å². The van der Waals surface area contributed by atoms with Crippen LogP contribution in [0.5, 0.6) is 11.5 Å². The molecule has 1 heterocycles. The Bertz CT molecular complexity index is 849. The summed E-state index contributed by atoms with van der Waals surface area (Å²) in [5, 5.41) is 3.05. The molecule has 0 atom stereocenters. The molecule has 148 valence electrons. The first-order valence-electron chi connectivity index (χ1n) is 9.23. The Hall–Kier alpha value is -3.22. The van der Waals surface area contributed by atoms with Crippen LogP contribution in [0.1, 0.15) is 24.0 Å². The average Bonchev–Trinajstić information content (AvgIpc) is 3.11. The van der Waals surface area contributed by atoms with Crippen LogP contribution in [-0.2, 0) is 17.9 Å². The van der Waals surface area contributed by atoms with E-state index in [2.05, 4.69) is 10.3 Å². The number of hydrogen-bond donors (Lipinski definition) is 2. The molecule has 1 aliphatic heterocycles. The van der Waals surface area contributed by atoms with Crippen molar-refractivity contribution in [3.63, 3.8) is 0 Å². The smallest absolute Gasteiger partial charge is 0.222 e. The number of nitrogens with two attached hydrogens (primary N) is 1. The molecule has 0 aliphatic carbocycles. The van der Waals surface area contributed by atoms with Gasteiger partial charge in [-0.3, -0.25) is 4.79 Å². The number of carbonyl (C=O) groups is 1. The number of benzene rings is 2. The number of aliphatic imine (C=N–C) groups is 1. The third-order valence-electron chi connectivity index (χ3n) is 4.66. The zero-order chi connectivity index (χ0) is 19.9. The van der Waals surface area contributed by atoms with E-state index in [0.717, 1.165) is 29.8 Å². The Labute approximate surface area is 165 Å². The van der Waals surface area contributed by atoms with E-state index in [1.54, 1.807) is 26.4 Å². The maximum Gasteiger partial charge on any atom is 0.222 e. The molecule has 0 bridgehead atoms. The van der Waals surface area contributed by atoms with Crippen LogP contribution in [0.25, 0.3) is 0 Å². The lowest BCUT2D eigenvalue weighted by atomic mass is 10.1. The summed E-state index contributed by atoms with van der Waals surface area (Å²) in [5.74, 6) is 1.83. The monoisotopic (exact) mass is 382 g/mol. The fourth-order valence-electron chi connectivity index (χ4n) is 3.12. The van der Waals surface area contributed by atoms with E-state index >= 15 is 0 Å². The van der Waals surface area contributed by atoms with Crippen molar-refractivity contribution in [3.8, 4) is 11.5 Å². The third kappa shape index (κ3) is 4.94. The second-order valence-corrected chi connectivity index (χ2v) is 6.63. The number of hydrogen-bond acceptors (Lipinski definition) is 4. The van der Waals surface area contributed by atoms with Gasteiger partial charge in [-0.1, -0.05) is 24.3 Å². The van der Waals surface area contributed by atoms with Crippen molar-refractivity contribution in [1.29, 1.82) is 0 Å². The summed E-state index contributed by atoms with van der Waals surface area (Å²) < 4.78 is 10.5. The first-order chi connectivity index (χ1) is 13.6. The first-order valence-corrected chi connectivity index (χ1v) is 9.23. The fraction of sp³-hybridized carbons (Fsp3) is 0.333. The predicted octanol–water partition coefficient (Wildman–Crippen LogP) is 2.75. The summed E-state index contributed by atoms with van der Waals surface area (Å²) in [7, 11) is 3.18. The number of ether oxygens (including phenoxy) is 2. The van der Waals surface area contributed by atoms with Gasteiger partial charge in [-0.2, -0.15) is 0 Å². The molecule has 3 N–H and O–H groups in total. The number of methoxy groups -OCH3 is 2. The molecule has 1 amide bonds. The quantitative estimate of drug-likeness (QED) is 0.568. The summed E-state index contributed by atoms with van der Waals surface area (Å²) in [4.78, 5) is 18.0. The molecular weight excluding hydrogens is 356 g/mol. The molecule has 28 heavy (non-hydrogen) atoms. The van der Waals surface area contributed by atoms with Gasteiger partial charge in [0.1, 0.15) is 0 Å². The van der Waals surface area contributed by atoms with Gasteiger partial charge in [0.05, 0.1) is 20.8 Å². The zero-order valence-corrected chi connectivity index (χ0v) is 16.3. The van der Waals surface area contributed by atoms with Crippen molar-refractivity contribution in [2.45, 2.75) is 25.9 Å². The summed E-state index contributed by atoms with van der Waals surface area (Å²) >= 11 is 0. The average molecular weight is 382 g/mol. The highest BCUT2D eigenvalue weighted by atomic mass is 16.5. The topological polar surface area (TPSA) is 89.2 Å². The van der Waals surface area contributed by atoms with Crippen LogP contribution in [0.15, 0.2) is 47.5 Å². The van der Waals surface area contributed by atoms with Gasteiger partial charge < -0.3 is 25.4 Å². The SMILES string of the molecule is COc1ccc(NC(N)=NCc2ccc(CN3CCCC3=O)cc2)cc1OC. The molecule has 7 nitrogen and oxygen atoms in total. The number of carbonyl (C=O) groups excluding carboxylic acids is 1. The van der Waals surface area contributed by atoms with Crippen LogP contribution >= 0.6 is 0 Å². The number of amides is 1. The van der Waals surface area contributed by atoms with Gasteiger partial charge in [0, 0.05) is 31.3 Å². The molecule has 7 heteroatoms. The molecule has 0 unspecified atom stereocenters. The summed E-state index contributed by atoms with van der Waals surface area (Å²) in [6.07, 6.45) is 1.62. The number of guanidine groups is 1. The Morgan fingerprint density at radius 3 is 2.46 bits per heavy atom. The third-order valence-corrected chi connectivity index (χ3v) is 4.66.